The molecule has 1 aromatic heterocycles. The topological polar surface area (TPSA) is 37.8 Å². The van der Waals surface area contributed by atoms with Gasteiger partial charge in [-0.05, 0) is 26.1 Å². The highest BCUT2D eigenvalue weighted by molar-refractivity contribution is 7.71. The zero-order valence-corrected chi connectivity index (χ0v) is 7.36. The van der Waals surface area contributed by atoms with Gasteiger partial charge in [0.1, 0.15) is 0 Å². The molecule has 0 unspecified atom stereocenters. The van der Waals surface area contributed by atoms with Crippen LogP contribution >= 0.6 is 12.2 Å². The van der Waals surface area contributed by atoms with E-state index < -0.39 is 0 Å². The summed E-state index contributed by atoms with van der Waals surface area (Å²) in [5, 5.41) is 0. The molecule has 0 bridgehead atoms. The number of hydrogen-bond acceptors (Lipinski definition) is 2. The highest BCUT2D eigenvalue weighted by Gasteiger charge is 1.94. The minimum atomic E-state index is -0.128. The molecule has 1 heterocycles. The van der Waals surface area contributed by atoms with Crippen LogP contribution in [0.5, 0.6) is 0 Å². The van der Waals surface area contributed by atoms with Crippen molar-refractivity contribution in [1.82, 2.24) is 9.55 Å². The van der Waals surface area contributed by atoms with Crippen LogP contribution in [0.3, 0.4) is 0 Å². The van der Waals surface area contributed by atoms with Gasteiger partial charge in [-0.2, -0.15) is 0 Å². The molecule has 60 valence electrons. The SMILES string of the molecule is CCn1c(C)cc(=O)[nH]c1=S. The molecule has 0 radical (unpaired) electrons. The third-order valence-electron chi connectivity index (χ3n) is 1.56. The first-order chi connectivity index (χ1) is 5.15. The van der Waals surface area contributed by atoms with Crippen molar-refractivity contribution in [3.8, 4) is 0 Å². The van der Waals surface area contributed by atoms with E-state index in [9.17, 15) is 4.79 Å². The third kappa shape index (κ3) is 1.57. The van der Waals surface area contributed by atoms with Gasteiger partial charge in [-0.1, -0.05) is 0 Å². The first-order valence-corrected chi connectivity index (χ1v) is 3.86. The summed E-state index contributed by atoms with van der Waals surface area (Å²) < 4.78 is 2.37. The van der Waals surface area contributed by atoms with E-state index in [1.165, 1.54) is 0 Å². The summed E-state index contributed by atoms with van der Waals surface area (Å²) >= 11 is 4.93. The van der Waals surface area contributed by atoms with E-state index in [4.69, 9.17) is 12.2 Å². The smallest absolute Gasteiger partial charge is 0.251 e. The van der Waals surface area contributed by atoms with Gasteiger partial charge in [-0.3, -0.25) is 9.78 Å². The second kappa shape index (κ2) is 3.00. The predicted octanol–water partition coefficient (Wildman–Crippen LogP) is 1.23. The predicted molar refractivity (Wildman–Crippen MR) is 46.3 cm³/mol. The van der Waals surface area contributed by atoms with E-state index in [-0.39, 0.29) is 5.56 Å². The standard InChI is InChI=1S/C7H10N2OS/c1-3-9-5(2)4-6(10)8-7(9)11/h4H,3H2,1-2H3,(H,8,10,11). The third-order valence-corrected chi connectivity index (χ3v) is 1.88. The van der Waals surface area contributed by atoms with Crippen LogP contribution in [0, 0.1) is 11.7 Å². The minimum absolute atomic E-state index is 0.128. The molecule has 1 aromatic rings. The zero-order valence-electron chi connectivity index (χ0n) is 6.55. The molecule has 0 spiro atoms. The normalized spacial score (nSPS) is 10.0. The Morgan fingerprint density at radius 2 is 2.36 bits per heavy atom. The Morgan fingerprint density at radius 3 is 2.82 bits per heavy atom. The quantitative estimate of drug-likeness (QED) is 0.644. The van der Waals surface area contributed by atoms with Crippen LogP contribution in [-0.4, -0.2) is 9.55 Å². The highest BCUT2D eigenvalue weighted by Crippen LogP contribution is 1.93. The van der Waals surface area contributed by atoms with E-state index in [1.54, 1.807) is 6.07 Å². The summed E-state index contributed by atoms with van der Waals surface area (Å²) in [7, 11) is 0. The molecule has 3 nitrogen and oxygen atoms in total. The molecule has 1 N–H and O–H groups in total. The summed E-state index contributed by atoms with van der Waals surface area (Å²) in [6.45, 7) is 4.65. The van der Waals surface area contributed by atoms with Crippen LogP contribution in [0.15, 0.2) is 10.9 Å². The molecule has 11 heavy (non-hydrogen) atoms. The second-order valence-electron chi connectivity index (χ2n) is 2.32. The van der Waals surface area contributed by atoms with Crippen LogP contribution < -0.4 is 5.56 Å². The van der Waals surface area contributed by atoms with Gasteiger partial charge in [-0.25, -0.2) is 0 Å². The maximum absolute atomic E-state index is 10.8. The van der Waals surface area contributed by atoms with Crippen molar-refractivity contribution in [2.24, 2.45) is 0 Å². The van der Waals surface area contributed by atoms with Crippen LogP contribution in [-0.2, 0) is 6.54 Å². The Labute approximate surface area is 69.7 Å². The number of nitrogens with zero attached hydrogens (tertiary/aromatic N) is 1. The van der Waals surface area contributed by atoms with Crippen LogP contribution in [0.4, 0.5) is 0 Å². The first-order valence-electron chi connectivity index (χ1n) is 3.46. The number of H-pyrrole nitrogens is 1. The fraction of sp³-hybridized carbons (Fsp3) is 0.429. The van der Waals surface area contributed by atoms with Crippen molar-refractivity contribution in [1.29, 1.82) is 0 Å². The average Bonchev–Trinajstić information content (AvgIpc) is 1.85. The fourth-order valence-corrected chi connectivity index (χ4v) is 1.40. The van der Waals surface area contributed by atoms with E-state index in [2.05, 4.69) is 4.98 Å². The molecule has 0 aromatic carbocycles. The monoisotopic (exact) mass is 170 g/mol. The van der Waals surface area contributed by atoms with Gasteiger partial charge in [0, 0.05) is 18.3 Å². The Bertz CT molecular complexity index is 363. The lowest BCUT2D eigenvalue weighted by Crippen LogP contribution is -2.13. The molecule has 0 amide bonds. The first kappa shape index (κ1) is 8.20. The molecule has 0 saturated carbocycles. The molecule has 1 rings (SSSR count). The van der Waals surface area contributed by atoms with Gasteiger partial charge in [0.2, 0.25) is 0 Å². The molecule has 0 fully saturated rings. The molecule has 4 heteroatoms. The second-order valence-corrected chi connectivity index (χ2v) is 2.71. The average molecular weight is 170 g/mol. The summed E-state index contributed by atoms with van der Waals surface area (Å²) in [5.74, 6) is 0. The van der Waals surface area contributed by atoms with Crippen LogP contribution in [0.1, 0.15) is 12.6 Å². The Balaban J connectivity index is 3.49. The lowest BCUT2D eigenvalue weighted by molar-refractivity contribution is 0.689. The number of aryl methyl sites for hydroxylation is 1. The van der Waals surface area contributed by atoms with Gasteiger partial charge >= 0.3 is 0 Å². The fourth-order valence-electron chi connectivity index (χ4n) is 1.03. The molecule has 0 aliphatic heterocycles. The number of rotatable bonds is 1. The number of aromatic nitrogens is 2. The van der Waals surface area contributed by atoms with Crippen LogP contribution in [0.2, 0.25) is 0 Å². The van der Waals surface area contributed by atoms with Crippen molar-refractivity contribution in [2.45, 2.75) is 20.4 Å². The van der Waals surface area contributed by atoms with Crippen molar-refractivity contribution in [2.75, 3.05) is 0 Å². The Morgan fingerprint density at radius 1 is 1.73 bits per heavy atom. The van der Waals surface area contributed by atoms with Crippen molar-refractivity contribution in [3.63, 3.8) is 0 Å². The molecule has 0 aliphatic rings. The zero-order chi connectivity index (χ0) is 8.43. The highest BCUT2D eigenvalue weighted by atomic mass is 32.1. The van der Waals surface area contributed by atoms with Gasteiger partial charge in [0.15, 0.2) is 4.77 Å². The number of hydrogen-bond donors (Lipinski definition) is 1. The minimum Gasteiger partial charge on any atom is -0.323 e. The van der Waals surface area contributed by atoms with E-state index in [0.717, 1.165) is 12.2 Å². The lowest BCUT2D eigenvalue weighted by Gasteiger charge is -2.05. The number of aromatic amines is 1. The van der Waals surface area contributed by atoms with Gasteiger partial charge in [0.25, 0.3) is 5.56 Å². The Hall–Kier alpha value is -0.900. The van der Waals surface area contributed by atoms with Gasteiger partial charge in [-0.15, -0.1) is 0 Å². The molecule has 0 atom stereocenters. The summed E-state index contributed by atoms with van der Waals surface area (Å²) in [6, 6.07) is 1.54. The molecular formula is C7H10N2OS. The van der Waals surface area contributed by atoms with Crippen LogP contribution in [0.25, 0.3) is 0 Å². The Kier molecular flexibility index (Phi) is 2.24. The maximum Gasteiger partial charge on any atom is 0.251 e. The largest absolute Gasteiger partial charge is 0.323 e. The van der Waals surface area contributed by atoms with E-state index >= 15 is 0 Å². The van der Waals surface area contributed by atoms with E-state index in [0.29, 0.717) is 4.77 Å². The van der Waals surface area contributed by atoms with Gasteiger partial charge < -0.3 is 4.57 Å². The lowest BCUT2D eigenvalue weighted by atomic mass is 10.4. The van der Waals surface area contributed by atoms with E-state index in [1.807, 2.05) is 18.4 Å². The molecular weight excluding hydrogens is 160 g/mol. The number of nitrogens with one attached hydrogen (secondary N) is 1. The summed E-state index contributed by atoms with van der Waals surface area (Å²) in [6.07, 6.45) is 0. The van der Waals surface area contributed by atoms with Crippen molar-refractivity contribution >= 4 is 12.2 Å². The summed E-state index contributed by atoms with van der Waals surface area (Å²) in [4.78, 5) is 13.4. The van der Waals surface area contributed by atoms with Crippen molar-refractivity contribution in [3.05, 3.63) is 26.9 Å². The maximum atomic E-state index is 10.8. The summed E-state index contributed by atoms with van der Waals surface area (Å²) in [5.41, 5.74) is 0.776. The van der Waals surface area contributed by atoms with Crippen molar-refractivity contribution < 1.29 is 0 Å². The molecule has 0 saturated heterocycles. The molecule has 0 aliphatic carbocycles. The van der Waals surface area contributed by atoms with Gasteiger partial charge in [0.05, 0.1) is 0 Å².